The molecule has 0 amide bonds. The second-order valence-electron chi connectivity index (χ2n) is 9.36. The molecule has 0 saturated carbocycles. The van der Waals surface area contributed by atoms with Crippen LogP contribution in [0.4, 0.5) is 18.9 Å². The number of alkyl halides is 3. The number of hydrogen-bond acceptors (Lipinski definition) is 7. The topological polar surface area (TPSA) is 111 Å². The number of benzene rings is 3. The fourth-order valence-corrected chi connectivity index (χ4v) is 4.92. The van der Waals surface area contributed by atoms with E-state index in [1.54, 1.807) is 55.5 Å². The molecule has 1 heterocycles. The molecule has 9 nitrogen and oxygen atoms in total. The lowest BCUT2D eigenvalue weighted by Gasteiger charge is -2.21. The zero-order chi connectivity index (χ0) is 30.5. The van der Waals surface area contributed by atoms with Crippen LogP contribution in [0.2, 0.25) is 0 Å². The predicted molar refractivity (Wildman–Crippen MR) is 148 cm³/mol. The molecule has 1 aromatic heterocycles. The number of oxazole rings is 1. The van der Waals surface area contributed by atoms with Gasteiger partial charge in [-0.2, -0.15) is 21.6 Å². The summed E-state index contributed by atoms with van der Waals surface area (Å²) in [7, 11) is -4.26. The lowest BCUT2D eigenvalue weighted by Crippen LogP contribution is -2.36. The summed E-state index contributed by atoms with van der Waals surface area (Å²) in [6.45, 7) is 4.57. The fourth-order valence-electron chi connectivity index (χ4n) is 3.86. The highest BCUT2D eigenvalue weighted by Crippen LogP contribution is 2.31. The van der Waals surface area contributed by atoms with Gasteiger partial charge < -0.3 is 14.0 Å². The highest BCUT2D eigenvalue weighted by Gasteiger charge is 2.30. The Morgan fingerprint density at radius 1 is 1.02 bits per heavy atom. The van der Waals surface area contributed by atoms with Crippen LogP contribution in [0.15, 0.2) is 77.2 Å². The van der Waals surface area contributed by atoms with Gasteiger partial charge in [0, 0.05) is 24.6 Å². The average molecular weight is 604 g/mol. The van der Waals surface area contributed by atoms with Gasteiger partial charge in [0.15, 0.2) is 0 Å². The number of halogens is 3. The first-order valence-electron chi connectivity index (χ1n) is 12.7. The van der Waals surface area contributed by atoms with Gasteiger partial charge in [-0.25, -0.2) is 4.98 Å². The molecular formula is C29H28F3N3O6S. The molecule has 0 aliphatic carbocycles. The Labute approximate surface area is 241 Å². The summed E-state index contributed by atoms with van der Waals surface area (Å²) >= 11 is 0. The van der Waals surface area contributed by atoms with Crippen molar-refractivity contribution in [1.82, 2.24) is 9.45 Å². The number of carbonyl (C=O) groups excluding carboxylic acids is 1. The molecule has 0 aliphatic rings. The molecule has 0 atom stereocenters. The van der Waals surface area contributed by atoms with E-state index in [2.05, 4.69) is 9.71 Å². The second kappa shape index (κ2) is 12.7. The van der Waals surface area contributed by atoms with Gasteiger partial charge in [-0.05, 0) is 72.4 Å². The Hall–Kier alpha value is -4.36. The van der Waals surface area contributed by atoms with E-state index >= 15 is 0 Å². The number of anilines is 1. The molecule has 4 rings (SSSR count). The first kappa shape index (κ1) is 30.6. The van der Waals surface area contributed by atoms with Crippen LogP contribution < -0.4 is 9.46 Å². The molecule has 42 heavy (non-hydrogen) atoms. The summed E-state index contributed by atoms with van der Waals surface area (Å²) in [4.78, 5) is 21.1. The highest BCUT2D eigenvalue weighted by atomic mass is 32.2. The second-order valence-corrected chi connectivity index (χ2v) is 10.9. The Balaban J connectivity index is 1.39. The molecule has 0 unspecified atom stereocenters. The summed E-state index contributed by atoms with van der Waals surface area (Å²) in [6, 6.07) is 17.8. The van der Waals surface area contributed by atoms with Crippen molar-refractivity contribution in [2.24, 2.45) is 0 Å². The van der Waals surface area contributed by atoms with Crippen molar-refractivity contribution in [3.63, 3.8) is 0 Å². The molecule has 3 aromatic carbocycles. The molecule has 0 aliphatic heterocycles. The lowest BCUT2D eigenvalue weighted by molar-refractivity contribution is -0.167. The summed E-state index contributed by atoms with van der Waals surface area (Å²) in [5, 5.41) is 0. The van der Waals surface area contributed by atoms with Crippen molar-refractivity contribution >= 4 is 21.9 Å². The zero-order valence-electron chi connectivity index (χ0n) is 22.9. The van der Waals surface area contributed by atoms with E-state index in [1.165, 1.54) is 12.1 Å². The number of carbonyl (C=O) groups is 1. The van der Waals surface area contributed by atoms with E-state index in [4.69, 9.17) is 14.0 Å². The third kappa shape index (κ3) is 8.10. The first-order valence-corrected chi connectivity index (χ1v) is 14.2. The number of aromatic nitrogens is 1. The molecule has 1 N–H and O–H groups in total. The SMILES string of the molecule is CC(=O)ON(Cc1cccc(OCCc2nc(-c3ccc(C(F)(F)F)cc3)oc2C)c1)S(=O)(=O)Nc1ccc(C)cc1. The Kier molecular flexibility index (Phi) is 9.22. The molecule has 0 saturated heterocycles. The number of nitrogens with zero attached hydrogens (tertiary/aromatic N) is 2. The molecule has 0 spiro atoms. The van der Waals surface area contributed by atoms with Crippen molar-refractivity contribution in [2.75, 3.05) is 11.3 Å². The Morgan fingerprint density at radius 2 is 1.71 bits per heavy atom. The van der Waals surface area contributed by atoms with Crippen molar-refractivity contribution in [1.29, 1.82) is 0 Å². The van der Waals surface area contributed by atoms with Crippen LogP contribution in [-0.4, -0.2) is 30.4 Å². The maximum Gasteiger partial charge on any atom is 0.416 e. The predicted octanol–water partition coefficient (Wildman–Crippen LogP) is 6.24. The van der Waals surface area contributed by atoms with Crippen molar-refractivity contribution < 1.29 is 40.4 Å². The third-order valence-corrected chi connectivity index (χ3v) is 7.20. The van der Waals surface area contributed by atoms with Crippen LogP contribution in [0.3, 0.4) is 0 Å². The minimum absolute atomic E-state index is 0.185. The largest absolute Gasteiger partial charge is 0.493 e. The van der Waals surface area contributed by atoms with E-state index in [9.17, 15) is 26.4 Å². The Bertz CT molecular complexity index is 1640. The normalized spacial score (nSPS) is 11.9. The van der Waals surface area contributed by atoms with E-state index in [0.717, 1.165) is 24.6 Å². The maximum absolute atomic E-state index is 13.0. The lowest BCUT2D eigenvalue weighted by atomic mass is 10.1. The molecular weight excluding hydrogens is 575 g/mol. The van der Waals surface area contributed by atoms with Gasteiger partial charge in [-0.3, -0.25) is 9.52 Å². The fraction of sp³-hybridized carbons (Fsp3) is 0.241. The number of rotatable bonds is 11. The van der Waals surface area contributed by atoms with Gasteiger partial charge in [0.05, 0.1) is 24.4 Å². The van der Waals surface area contributed by atoms with Gasteiger partial charge in [0.2, 0.25) is 5.89 Å². The summed E-state index contributed by atoms with van der Waals surface area (Å²) < 4.78 is 78.9. The average Bonchev–Trinajstić information content (AvgIpc) is 3.29. The molecule has 0 fully saturated rings. The summed E-state index contributed by atoms with van der Waals surface area (Å²) in [5.74, 6) is 0.327. The first-order chi connectivity index (χ1) is 19.8. The van der Waals surface area contributed by atoms with Crippen LogP contribution in [-0.2, 0) is 39.0 Å². The molecule has 222 valence electrons. The van der Waals surface area contributed by atoms with E-state index in [1.807, 2.05) is 6.92 Å². The third-order valence-electron chi connectivity index (χ3n) is 5.97. The number of hydroxylamine groups is 1. The zero-order valence-corrected chi connectivity index (χ0v) is 23.8. The van der Waals surface area contributed by atoms with Gasteiger partial charge in [0.1, 0.15) is 11.5 Å². The van der Waals surface area contributed by atoms with E-state index < -0.39 is 27.9 Å². The molecule has 13 heteroatoms. The van der Waals surface area contributed by atoms with Crippen LogP contribution in [0.1, 0.15) is 35.1 Å². The van der Waals surface area contributed by atoms with Crippen molar-refractivity contribution in [3.05, 3.63) is 101 Å². The van der Waals surface area contributed by atoms with Gasteiger partial charge in [-0.15, -0.1) is 0 Å². The smallest absolute Gasteiger partial charge is 0.416 e. The number of ether oxygens (including phenoxy) is 1. The minimum atomic E-state index is -4.43. The van der Waals surface area contributed by atoms with E-state index in [0.29, 0.717) is 44.9 Å². The van der Waals surface area contributed by atoms with Crippen LogP contribution in [0.25, 0.3) is 11.5 Å². The standard InChI is InChI=1S/C29H28F3N3O6S/c1-19-7-13-25(14-8-19)34-42(37,38)35(41-21(3)36)18-22-5-4-6-26(17-22)39-16-15-27-20(2)40-28(33-27)23-9-11-24(12-10-23)29(30,31)32/h4-14,17,34H,15-16,18H2,1-3H3. The monoisotopic (exact) mass is 603 g/mol. The summed E-state index contributed by atoms with van der Waals surface area (Å²) in [5.41, 5.74) is 1.97. The highest BCUT2D eigenvalue weighted by molar-refractivity contribution is 7.90. The van der Waals surface area contributed by atoms with Crippen molar-refractivity contribution in [2.45, 2.75) is 39.9 Å². The molecule has 4 aromatic rings. The summed E-state index contributed by atoms with van der Waals surface area (Å²) in [6.07, 6.45) is -4.09. The number of nitrogens with one attached hydrogen (secondary N) is 1. The van der Waals surface area contributed by atoms with Crippen LogP contribution in [0, 0.1) is 13.8 Å². The molecule has 0 bridgehead atoms. The van der Waals surface area contributed by atoms with Crippen LogP contribution >= 0.6 is 0 Å². The van der Waals surface area contributed by atoms with Gasteiger partial charge >= 0.3 is 22.4 Å². The molecule has 0 radical (unpaired) electrons. The minimum Gasteiger partial charge on any atom is -0.493 e. The maximum atomic E-state index is 13.0. The van der Waals surface area contributed by atoms with Crippen LogP contribution in [0.5, 0.6) is 5.75 Å². The van der Waals surface area contributed by atoms with Gasteiger partial charge in [-0.1, -0.05) is 29.8 Å². The van der Waals surface area contributed by atoms with E-state index in [-0.39, 0.29) is 19.0 Å². The van der Waals surface area contributed by atoms with Gasteiger partial charge in [0.25, 0.3) is 0 Å². The Morgan fingerprint density at radius 3 is 2.36 bits per heavy atom. The number of aryl methyl sites for hydroxylation is 2. The number of hydrogen-bond donors (Lipinski definition) is 1. The van der Waals surface area contributed by atoms with Crippen molar-refractivity contribution in [3.8, 4) is 17.2 Å². The quantitative estimate of drug-likeness (QED) is 0.202.